The lowest BCUT2D eigenvalue weighted by Gasteiger charge is -2.27. The van der Waals surface area contributed by atoms with E-state index in [1.54, 1.807) is 12.1 Å². The summed E-state index contributed by atoms with van der Waals surface area (Å²) in [6, 6.07) is 5.14. The third kappa shape index (κ3) is 3.93. The normalized spacial score (nSPS) is 16.1. The highest BCUT2D eigenvalue weighted by Crippen LogP contribution is 2.24. The summed E-state index contributed by atoms with van der Waals surface area (Å²) in [5.74, 6) is 0. The molecular formula is C15H23N3O2. The van der Waals surface area contributed by atoms with Crippen LogP contribution in [0.2, 0.25) is 0 Å². The molecule has 1 fully saturated rings. The third-order valence-electron chi connectivity index (χ3n) is 3.71. The Bertz CT molecular complexity index is 456. The van der Waals surface area contributed by atoms with E-state index in [1.807, 2.05) is 6.07 Å². The van der Waals surface area contributed by atoms with Crippen LogP contribution in [0.15, 0.2) is 18.2 Å². The first-order valence-electron chi connectivity index (χ1n) is 7.44. The molecule has 1 N–H and O–H groups in total. The Morgan fingerprint density at radius 1 is 1.30 bits per heavy atom. The van der Waals surface area contributed by atoms with Gasteiger partial charge in [-0.3, -0.25) is 15.0 Å². The Morgan fingerprint density at radius 3 is 2.70 bits per heavy atom. The number of nitro benzene ring substituents is 1. The second kappa shape index (κ2) is 7.24. The van der Waals surface area contributed by atoms with Gasteiger partial charge < -0.3 is 5.32 Å². The standard InChI is InChI=1S/C15H23N3O2/c1-2-8-16-15-7-6-14(18(19)20)11-13(15)12-17-9-4-3-5-10-17/h6-7,11,16H,2-5,8-10,12H2,1H3. The van der Waals surface area contributed by atoms with E-state index in [0.29, 0.717) is 0 Å². The molecule has 0 spiro atoms. The number of likely N-dealkylation sites (tertiary alicyclic amines) is 1. The summed E-state index contributed by atoms with van der Waals surface area (Å²) < 4.78 is 0. The topological polar surface area (TPSA) is 58.4 Å². The quantitative estimate of drug-likeness (QED) is 0.639. The molecule has 1 aromatic rings. The van der Waals surface area contributed by atoms with Crippen molar-refractivity contribution in [3.63, 3.8) is 0 Å². The molecule has 0 radical (unpaired) electrons. The van der Waals surface area contributed by atoms with Crippen molar-refractivity contribution in [2.24, 2.45) is 0 Å². The summed E-state index contributed by atoms with van der Waals surface area (Å²) in [4.78, 5) is 13.0. The van der Waals surface area contributed by atoms with Gasteiger partial charge in [0.05, 0.1) is 4.92 Å². The highest BCUT2D eigenvalue weighted by atomic mass is 16.6. The highest BCUT2D eigenvalue weighted by Gasteiger charge is 2.15. The average Bonchev–Trinajstić information content (AvgIpc) is 2.47. The first-order valence-corrected chi connectivity index (χ1v) is 7.44. The SMILES string of the molecule is CCCNc1ccc([N+](=O)[O-])cc1CN1CCCCC1. The molecule has 0 aromatic heterocycles. The van der Waals surface area contributed by atoms with Gasteiger partial charge in [-0.2, -0.15) is 0 Å². The summed E-state index contributed by atoms with van der Waals surface area (Å²) in [5.41, 5.74) is 2.25. The molecule has 20 heavy (non-hydrogen) atoms. The van der Waals surface area contributed by atoms with Crippen LogP contribution in [0.3, 0.4) is 0 Å². The van der Waals surface area contributed by atoms with E-state index in [0.717, 1.165) is 43.9 Å². The molecule has 0 unspecified atom stereocenters. The van der Waals surface area contributed by atoms with Gasteiger partial charge in [-0.15, -0.1) is 0 Å². The number of nitrogens with one attached hydrogen (secondary N) is 1. The van der Waals surface area contributed by atoms with Gasteiger partial charge in [0.2, 0.25) is 0 Å². The van der Waals surface area contributed by atoms with Crippen molar-refractivity contribution >= 4 is 11.4 Å². The van der Waals surface area contributed by atoms with E-state index in [1.165, 1.54) is 19.3 Å². The highest BCUT2D eigenvalue weighted by molar-refractivity contribution is 5.56. The number of anilines is 1. The summed E-state index contributed by atoms with van der Waals surface area (Å²) >= 11 is 0. The smallest absolute Gasteiger partial charge is 0.269 e. The molecule has 1 aromatic carbocycles. The van der Waals surface area contributed by atoms with Crippen molar-refractivity contribution in [2.45, 2.75) is 39.2 Å². The van der Waals surface area contributed by atoms with Crippen LogP contribution < -0.4 is 5.32 Å². The minimum atomic E-state index is -0.316. The van der Waals surface area contributed by atoms with Crippen molar-refractivity contribution in [3.05, 3.63) is 33.9 Å². The van der Waals surface area contributed by atoms with Crippen LogP contribution in [0.4, 0.5) is 11.4 Å². The predicted molar refractivity (Wildman–Crippen MR) is 81.0 cm³/mol. The number of hydrogen-bond donors (Lipinski definition) is 1. The molecular weight excluding hydrogens is 254 g/mol. The van der Waals surface area contributed by atoms with Gasteiger partial charge in [-0.25, -0.2) is 0 Å². The monoisotopic (exact) mass is 277 g/mol. The Balaban J connectivity index is 2.16. The molecule has 0 saturated carbocycles. The van der Waals surface area contributed by atoms with Crippen LogP contribution in [-0.4, -0.2) is 29.5 Å². The number of hydrogen-bond acceptors (Lipinski definition) is 4. The van der Waals surface area contributed by atoms with Gasteiger partial charge in [-0.05, 0) is 44.0 Å². The number of piperidine rings is 1. The first kappa shape index (κ1) is 14.8. The average molecular weight is 277 g/mol. The minimum absolute atomic E-state index is 0.180. The van der Waals surface area contributed by atoms with Crippen molar-refractivity contribution < 1.29 is 4.92 Å². The summed E-state index contributed by atoms with van der Waals surface area (Å²) in [5, 5.41) is 14.3. The summed E-state index contributed by atoms with van der Waals surface area (Å²) in [6.45, 7) is 5.99. The van der Waals surface area contributed by atoms with Gasteiger partial charge in [0.15, 0.2) is 0 Å². The lowest BCUT2D eigenvalue weighted by Crippen LogP contribution is -2.29. The molecule has 0 amide bonds. The molecule has 0 bridgehead atoms. The van der Waals surface area contributed by atoms with Crippen molar-refractivity contribution in [1.82, 2.24) is 4.90 Å². The fraction of sp³-hybridized carbons (Fsp3) is 0.600. The van der Waals surface area contributed by atoms with Crippen LogP contribution in [-0.2, 0) is 6.54 Å². The Kier molecular flexibility index (Phi) is 5.35. The zero-order chi connectivity index (χ0) is 14.4. The van der Waals surface area contributed by atoms with E-state index in [9.17, 15) is 10.1 Å². The summed E-state index contributed by atoms with van der Waals surface area (Å²) in [7, 11) is 0. The maximum Gasteiger partial charge on any atom is 0.269 e. The zero-order valence-corrected chi connectivity index (χ0v) is 12.1. The van der Waals surface area contributed by atoms with Gasteiger partial charge in [0, 0.05) is 30.9 Å². The van der Waals surface area contributed by atoms with Gasteiger partial charge in [0.1, 0.15) is 0 Å². The first-order chi connectivity index (χ1) is 9.70. The Morgan fingerprint density at radius 2 is 2.05 bits per heavy atom. The lowest BCUT2D eigenvalue weighted by atomic mass is 10.1. The van der Waals surface area contributed by atoms with Crippen molar-refractivity contribution in [3.8, 4) is 0 Å². The summed E-state index contributed by atoms with van der Waals surface area (Å²) in [6.07, 6.45) is 4.80. The predicted octanol–water partition coefficient (Wildman–Crippen LogP) is 3.40. The van der Waals surface area contributed by atoms with Crippen LogP contribution in [0.1, 0.15) is 38.2 Å². The van der Waals surface area contributed by atoms with Gasteiger partial charge >= 0.3 is 0 Å². The number of rotatable bonds is 6. The Hall–Kier alpha value is -1.62. The van der Waals surface area contributed by atoms with Crippen LogP contribution in [0, 0.1) is 10.1 Å². The minimum Gasteiger partial charge on any atom is -0.385 e. The number of nitro groups is 1. The lowest BCUT2D eigenvalue weighted by molar-refractivity contribution is -0.384. The van der Waals surface area contributed by atoms with E-state index < -0.39 is 0 Å². The van der Waals surface area contributed by atoms with E-state index in [2.05, 4.69) is 17.1 Å². The maximum atomic E-state index is 10.9. The van der Waals surface area contributed by atoms with Crippen LogP contribution in [0.25, 0.3) is 0 Å². The van der Waals surface area contributed by atoms with E-state index in [-0.39, 0.29) is 10.6 Å². The molecule has 5 heteroatoms. The Labute approximate surface area is 120 Å². The largest absolute Gasteiger partial charge is 0.385 e. The fourth-order valence-corrected chi connectivity index (χ4v) is 2.62. The maximum absolute atomic E-state index is 10.9. The molecule has 1 aliphatic rings. The van der Waals surface area contributed by atoms with Crippen LogP contribution in [0.5, 0.6) is 0 Å². The van der Waals surface area contributed by atoms with Crippen LogP contribution >= 0.6 is 0 Å². The molecule has 1 aliphatic heterocycles. The zero-order valence-electron chi connectivity index (χ0n) is 12.1. The number of non-ortho nitro benzene ring substituents is 1. The molecule has 0 aliphatic carbocycles. The van der Waals surface area contributed by atoms with Crippen molar-refractivity contribution in [1.29, 1.82) is 0 Å². The number of benzene rings is 1. The van der Waals surface area contributed by atoms with Crippen molar-refractivity contribution in [2.75, 3.05) is 25.0 Å². The molecule has 110 valence electrons. The third-order valence-corrected chi connectivity index (χ3v) is 3.71. The molecule has 1 heterocycles. The second-order valence-electron chi connectivity index (χ2n) is 5.36. The molecule has 1 saturated heterocycles. The van der Waals surface area contributed by atoms with Gasteiger partial charge in [0.25, 0.3) is 5.69 Å². The second-order valence-corrected chi connectivity index (χ2v) is 5.36. The van der Waals surface area contributed by atoms with E-state index in [4.69, 9.17) is 0 Å². The fourth-order valence-electron chi connectivity index (χ4n) is 2.62. The van der Waals surface area contributed by atoms with E-state index >= 15 is 0 Å². The molecule has 0 atom stereocenters. The number of nitrogens with zero attached hydrogens (tertiary/aromatic N) is 2. The van der Waals surface area contributed by atoms with Gasteiger partial charge in [-0.1, -0.05) is 13.3 Å². The molecule has 5 nitrogen and oxygen atoms in total. The molecule has 2 rings (SSSR count).